The lowest BCUT2D eigenvalue weighted by molar-refractivity contribution is -0.116. The number of amides is 1. The molecule has 1 aromatic heterocycles. The van der Waals surface area contributed by atoms with Gasteiger partial charge in [-0.2, -0.15) is 11.8 Å². The number of furan rings is 1. The summed E-state index contributed by atoms with van der Waals surface area (Å²) in [6, 6.07) is 8.95. The first-order valence-electron chi connectivity index (χ1n) is 6.66. The fraction of sp³-hybridized carbons (Fsp3) is 0.188. The minimum Gasteiger partial charge on any atom is -0.468 e. The van der Waals surface area contributed by atoms with Gasteiger partial charge in [-0.05, 0) is 35.9 Å². The van der Waals surface area contributed by atoms with Gasteiger partial charge in [0.2, 0.25) is 5.91 Å². The summed E-state index contributed by atoms with van der Waals surface area (Å²) in [6.07, 6.45) is 4.79. The largest absolute Gasteiger partial charge is 0.468 e. The molecular weight excluding hydrogens is 341 g/mol. The summed E-state index contributed by atoms with van der Waals surface area (Å²) in [4.78, 5) is 11.7. The van der Waals surface area contributed by atoms with Crippen LogP contribution >= 0.6 is 35.0 Å². The molecule has 0 aliphatic heterocycles. The van der Waals surface area contributed by atoms with Crippen LogP contribution in [0.15, 0.2) is 47.1 Å². The quantitative estimate of drug-likeness (QED) is 0.580. The van der Waals surface area contributed by atoms with Gasteiger partial charge in [0.15, 0.2) is 0 Å². The molecule has 1 N–H and O–H groups in total. The Bertz CT molecular complexity index is 642. The van der Waals surface area contributed by atoms with E-state index < -0.39 is 0 Å². The van der Waals surface area contributed by atoms with Crippen LogP contribution in [0, 0.1) is 0 Å². The van der Waals surface area contributed by atoms with Crippen molar-refractivity contribution in [1.29, 1.82) is 0 Å². The van der Waals surface area contributed by atoms with Gasteiger partial charge in [0.1, 0.15) is 5.76 Å². The van der Waals surface area contributed by atoms with Crippen LogP contribution in [0.2, 0.25) is 10.0 Å². The Labute approximate surface area is 143 Å². The summed E-state index contributed by atoms with van der Waals surface area (Å²) in [5, 5.41) is 3.91. The lowest BCUT2D eigenvalue weighted by Crippen LogP contribution is -2.23. The molecule has 0 saturated heterocycles. The van der Waals surface area contributed by atoms with Crippen molar-refractivity contribution in [2.75, 3.05) is 12.3 Å². The van der Waals surface area contributed by atoms with Gasteiger partial charge in [-0.25, -0.2) is 0 Å². The second kappa shape index (κ2) is 8.93. The Hall–Kier alpha value is -1.36. The van der Waals surface area contributed by atoms with Crippen molar-refractivity contribution in [2.24, 2.45) is 0 Å². The molecule has 1 aromatic carbocycles. The molecule has 6 heteroatoms. The summed E-state index contributed by atoms with van der Waals surface area (Å²) >= 11 is 13.5. The minimum atomic E-state index is -0.149. The highest BCUT2D eigenvalue weighted by molar-refractivity contribution is 7.98. The standard InChI is InChI=1S/C16H15Cl2NO2S/c17-13-5-3-12(15(18)10-13)4-6-16(20)19-7-9-22-11-14-2-1-8-21-14/h1-6,8,10H,7,9,11H2,(H,19,20). The number of nitrogens with one attached hydrogen (secondary N) is 1. The van der Waals surface area contributed by atoms with Crippen molar-refractivity contribution in [1.82, 2.24) is 5.32 Å². The Morgan fingerprint density at radius 1 is 1.32 bits per heavy atom. The van der Waals surface area contributed by atoms with E-state index >= 15 is 0 Å². The first kappa shape index (κ1) is 17.0. The lowest BCUT2D eigenvalue weighted by atomic mass is 10.2. The molecule has 0 radical (unpaired) electrons. The van der Waals surface area contributed by atoms with Gasteiger partial charge in [0.05, 0.1) is 12.0 Å². The molecule has 1 amide bonds. The topological polar surface area (TPSA) is 42.2 Å². The predicted octanol–water partition coefficient (Wildman–Crippen LogP) is 4.65. The maximum Gasteiger partial charge on any atom is 0.244 e. The van der Waals surface area contributed by atoms with Gasteiger partial charge in [0, 0.05) is 28.4 Å². The van der Waals surface area contributed by atoms with Gasteiger partial charge in [-0.3, -0.25) is 4.79 Å². The zero-order valence-electron chi connectivity index (χ0n) is 11.7. The minimum absolute atomic E-state index is 0.149. The number of thioether (sulfide) groups is 1. The Morgan fingerprint density at radius 2 is 2.18 bits per heavy atom. The molecule has 0 bridgehead atoms. The summed E-state index contributed by atoms with van der Waals surface area (Å²) in [5.41, 5.74) is 0.758. The zero-order valence-corrected chi connectivity index (χ0v) is 14.0. The molecule has 0 fully saturated rings. The monoisotopic (exact) mass is 355 g/mol. The number of carbonyl (C=O) groups excluding carboxylic acids is 1. The van der Waals surface area contributed by atoms with E-state index in [0.29, 0.717) is 16.6 Å². The normalized spacial score (nSPS) is 11.0. The second-order valence-electron chi connectivity index (χ2n) is 4.42. The van der Waals surface area contributed by atoms with Crippen molar-refractivity contribution in [3.8, 4) is 0 Å². The second-order valence-corrected chi connectivity index (χ2v) is 6.37. The van der Waals surface area contributed by atoms with E-state index in [4.69, 9.17) is 27.6 Å². The van der Waals surface area contributed by atoms with E-state index in [1.807, 2.05) is 12.1 Å². The maximum atomic E-state index is 11.7. The first-order chi connectivity index (χ1) is 10.6. The zero-order chi connectivity index (χ0) is 15.8. The van der Waals surface area contributed by atoms with Crippen LogP contribution < -0.4 is 5.32 Å². The highest BCUT2D eigenvalue weighted by Gasteiger charge is 2.00. The van der Waals surface area contributed by atoms with Crippen LogP contribution in [0.5, 0.6) is 0 Å². The molecule has 0 unspecified atom stereocenters. The third-order valence-electron chi connectivity index (χ3n) is 2.75. The predicted molar refractivity (Wildman–Crippen MR) is 93.4 cm³/mol. The molecular formula is C16H15Cl2NO2S. The van der Waals surface area contributed by atoms with E-state index in [-0.39, 0.29) is 5.91 Å². The Kier molecular flexibility index (Phi) is 6.90. The average molecular weight is 356 g/mol. The third-order valence-corrected chi connectivity index (χ3v) is 4.29. The Balaban J connectivity index is 1.68. The van der Waals surface area contributed by atoms with E-state index in [9.17, 15) is 4.79 Å². The van der Waals surface area contributed by atoms with Gasteiger partial charge >= 0.3 is 0 Å². The highest BCUT2D eigenvalue weighted by atomic mass is 35.5. The van der Waals surface area contributed by atoms with Crippen LogP contribution in [-0.4, -0.2) is 18.2 Å². The first-order valence-corrected chi connectivity index (χ1v) is 8.57. The maximum absolute atomic E-state index is 11.7. The molecule has 3 nitrogen and oxygen atoms in total. The van der Waals surface area contributed by atoms with E-state index in [2.05, 4.69) is 5.32 Å². The molecule has 0 aliphatic carbocycles. The summed E-state index contributed by atoms with van der Waals surface area (Å²) in [6.45, 7) is 0.600. The van der Waals surface area contributed by atoms with Gasteiger partial charge in [0.25, 0.3) is 0 Å². The Morgan fingerprint density at radius 3 is 2.91 bits per heavy atom. The van der Waals surface area contributed by atoms with Crippen LogP contribution in [0.3, 0.4) is 0 Å². The fourth-order valence-corrected chi connectivity index (χ4v) is 2.90. The average Bonchev–Trinajstić information content (AvgIpc) is 2.99. The van der Waals surface area contributed by atoms with Crippen molar-refractivity contribution in [3.05, 3.63) is 64.0 Å². The molecule has 0 spiro atoms. The molecule has 2 rings (SSSR count). The van der Waals surface area contributed by atoms with E-state index in [0.717, 1.165) is 22.8 Å². The van der Waals surface area contributed by atoms with Crippen molar-refractivity contribution in [2.45, 2.75) is 5.75 Å². The number of carbonyl (C=O) groups is 1. The molecule has 116 valence electrons. The van der Waals surface area contributed by atoms with E-state index in [1.165, 1.54) is 6.08 Å². The molecule has 0 saturated carbocycles. The van der Waals surface area contributed by atoms with Gasteiger partial charge < -0.3 is 9.73 Å². The van der Waals surface area contributed by atoms with Gasteiger partial charge in [-0.1, -0.05) is 29.3 Å². The molecule has 1 heterocycles. The van der Waals surface area contributed by atoms with Crippen LogP contribution in [0.1, 0.15) is 11.3 Å². The van der Waals surface area contributed by atoms with Crippen molar-refractivity contribution < 1.29 is 9.21 Å². The van der Waals surface area contributed by atoms with Gasteiger partial charge in [-0.15, -0.1) is 0 Å². The van der Waals surface area contributed by atoms with Crippen molar-refractivity contribution in [3.63, 3.8) is 0 Å². The number of rotatable bonds is 7. The number of hydrogen-bond donors (Lipinski definition) is 1. The molecule has 0 atom stereocenters. The SMILES string of the molecule is O=C(C=Cc1ccc(Cl)cc1Cl)NCCSCc1ccco1. The highest BCUT2D eigenvalue weighted by Crippen LogP contribution is 2.21. The van der Waals surface area contributed by atoms with Crippen LogP contribution in [-0.2, 0) is 10.5 Å². The molecule has 2 aromatic rings. The van der Waals surface area contributed by atoms with Crippen LogP contribution in [0.25, 0.3) is 6.08 Å². The lowest BCUT2D eigenvalue weighted by Gasteiger charge is -2.02. The van der Waals surface area contributed by atoms with E-state index in [1.54, 1.807) is 42.3 Å². The summed E-state index contributed by atoms with van der Waals surface area (Å²) in [7, 11) is 0. The fourth-order valence-electron chi connectivity index (χ4n) is 1.67. The number of benzene rings is 1. The van der Waals surface area contributed by atoms with Crippen LogP contribution in [0.4, 0.5) is 0 Å². The number of hydrogen-bond acceptors (Lipinski definition) is 3. The number of halogens is 2. The smallest absolute Gasteiger partial charge is 0.244 e. The third kappa shape index (κ3) is 5.79. The van der Waals surface area contributed by atoms with Crippen molar-refractivity contribution >= 4 is 46.9 Å². The summed E-state index contributed by atoms with van der Waals surface area (Å²) in [5.74, 6) is 2.42. The molecule has 0 aliphatic rings. The molecule has 22 heavy (non-hydrogen) atoms. The summed E-state index contributed by atoms with van der Waals surface area (Å²) < 4.78 is 5.23.